The zero-order chi connectivity index (χ0) is 15.1. The summed E-state index contributed by atoms with van der Waals surface area (Å²) >= 11 is 0. The molecule has 1 aromatic carbocycles. The van der Waals surface area contributed by atoms with E-state index < -0.39 is 5.97 Å². The Morgan fingerprint density at radius 2 is 1.90 bits per heavy atom. The Bertz CT molecular complexity index is 612. The number of benzene rings is 1. The Morgan fingerprint density at radius 1 is 1.24 bits per heavy atom. The van der Waals surface area contributed by atoms with Crippen LogP contribution < -0.4 is 5.73 Å². The highest BCUT2D eigenvalue weighted by molar-refractivity contribution is 5.97. The van der Waals surface area contributed by atoms with E-state index in [9.17, 15) is 4.79 Å². The first kappa shape index (κ1) is 14.7. The summed E-state index contributed by atoms with van der Waals surface area (Å²) in [5.41, 5.74) is 7.33. The molecular weight excluding hydrogens is 266 g/mol. The van der Waals surface area contributed by atoms with E-state index >= 15 is 0 Å². The molecule has 5 nitrogen and oxygen atoms in total. The van der Waals surface area contributed by atoms with E-state index in [2.05, 4.69) is 10.1 Å². The lowest BCUT2D eigenvalue weighted by Crippen LogP contribution is -2.18. The van der Waals surface area contributed by atoms with E-state index in [1.54, 1.807) is 24.5 Å². The van der Waals surface area contributed by atoms with Crippen molar-refractivity contribution in [2.45, 2.75) is 19.3 Å². The van der Waals surface area contributed by atoms with Crippen LogP contribution in [0.15, 0.2) is 60.0 Å². The maximum absolute atomic E-state index is 12.1. The highest BCUT2D eigenvalue weighted by Crippen LogP contribution is 2.20. The molecule has 5 heteroatoms. The van der Waals surface area contributed by atoms with E-state index in [-0.39, 0.29) is 11.8 Å². The van der Waals surface area contributed by atoms with Gasteiger partial charge in [0.15, 0.2) is 5.84 Å². The molecule has 0 aliphatic carbocycles. The summed E-state index contributed by atoms with van der Waals surface area (Å²) in [7, 11) is 0. The van der Waals surface area contributed by atoms with Gasteiger partial charge in [0, 0.05) is 18.0 Å². The molecule has 0 radical (unpaired) electrons. The number of aromatic nitrogens is 1. The van der Waals surface area contributed by atoms with Gasteiger partial charge in [-0.25, -0.2) is 4.79 Å². The third kappa shape index (κ3) is 3.89. The lowest BCUT2D eigenvalue weighted by atomic mass is 9.97. The summed E-state index contributed by atoms with van der Waals surface area (Å²) in [6, 6.07) is 12.9. The topological polar surface area (TPSA) is 77.6 Å². The van der Waals surface area contributed by atoms with Crippen LogP contribution in [-0.4, -0.2) is 16.8 Å². The molecular formula is C16H17N3O2. The van der Waals surface area contributed by atoms with Gasteiger partial charge in [0.05, 0.1) is 5.92 Å². The van der Waals surface area contributed by atoms with Gasteiger partial charge in [-0.15, -0.1) is 0 Å². The molecule has 2 N–H and O–H groups in total. The number of carbonyl (C=O) groups excluding carboxylic acids is 1. The molecule has 0 amide bonds. The van der Waals surface area contributed by atoms with Crippen molar-refractivity contribution in [1.82, 2.24) is 4.98 Å². The predicted octanol–water partition coefficient (Wildman–Crippen LogP) is 2.44. The highest BCUT2D eigenvalue weighted by atomic mass is 16.7. The minimum atomic E-state index is -0.416. The third-order valence-electron chi connectivity index (χ3n) is 3.10. The molecule has 108 valence electrons. The normalized spacial score (nSPS) is 12.7. The van der Waals surface area contributed by atoms with E-state index in [1.807, 2.05) is 37.3 Å². The minimum Gasteiger partial charge on any atom is -0.380 e. The van der Waals surface area contributed by atoms with Gasteiger partial charge in [-0.1, -0.05) is 42.4 Å². The fraction of sp³-hybridized carbons (Fsp3) is 0.188. The van der Waals surface area contributed by atoms with Crippen LogP contribution in [0.25, 0.3) is 0 Å². The average molecular weight is 283 g/mol. The molecule has 1 atom stereocenters. The van der Waals surface area contributed by atoms with Gasteiger partial charge in [-0.2, -0.15) is 0 Å². The monoisotopic (exact) mass is 283 g/mol. The zero-order valence-corrected chi connectivity index (χ0v) is 11.8. The number of pyridine rings is 1. The zero-order valence-electron chi connectivity index (χ0n) is 11.8. The second-order valence-electron chi connectivity index (χ2n) is 4.49. The number of nitrogens with two attached hydrogens (primary N) is 1. The average Bonchev–Trinajstić information content (AvgIpc) is 2.55. The van der Waals surface area contributed by atoms with Crippen LogP contribution in [0, 0.1) is 0 Å². The Hall–Kier alpha value is -2.69. The van der Waals surface area contributed by atoms with Crippen LogP contribution in [0.1, 0.15) is 30.4 Å². The van der Waals surface area contributed by atoms with Gasteiger partial charge in [0.2, 0.25) is 0 Å². The second kappa shape index (κ2) is 7.19. The molecule has 1 unspecified atom stereocenters. The van der Waals surface area contributed by atoms with Crippen molar-refractivity contribution in [3.8, 4) is 0 Å². The molecule has 1 aromatic heterocycles. The van der Waals surface area contributed by atoms with Crippen LogP contribution >= 0.6 is 0 Å². The lowest BCUT2D eigenvalue weighted by Gasteiger charge is -2.11. The van der Waals surface area contributed by atoms with Crippen molar-refractivity contribution in [2.24, 2.45) is 10.9 Å². The second-order valence-corrected chi connectivity index (χ2v) is 4.49. The Labute approximate surface area is 123 Å². The number of rotatable bonds is 5. The van der Waals surface area contributed by atoms with E-state index in [4.69, 9.17) is 10.6 Å². The van der Waals surface area contributed by atoms with Crippen molar-refractivity contribution >= 4 is 11.8 Å². The first-order chi connectivity index (χ1) is 10.2. The first-order valence-electron chi connectivity index (χ1n) is 6.72. The standard InChI is InChI=1S/C16H17N3O2/c1-2-14(12-6-4-3-5-7-12)16(20)21-19-15(17)13-8-10-18-11-9-13/h3-11,14H,2H2,1H3,(H2,17,19). The molecule has 0 bridgehead atoms. The quantitative estimate of drug-likeness (QED) is 0.396. The summed E-state index contributed by atoms with van der Waals surface area (Å²) in [4.78, 5) is 21.0. The van der Waals surface area contributed by atoms with Gasteiger partial charge in [0.1, 0.15) is 0 Å². The van der Waals surface area contributed by atoms with Crippen LogP contribution in [0.3, 0.4) is 0 Å². The van der Waals surface area contributed by atoms with E-state index in [0.29, 0.717) is 12.0 Å². The minimum absolute atomic E-state index is 0.147. The molecule has 2 rings (SSSR count). The van der Waals surface area contributed by atoms with Gasteiger partial charge >= 0.3 is 5.97 Å². The van der Waals surface area contributed by atoms with Crippen LogP contribution in [0.5, 0.6) is 0 Å². The summed E-state index contributed by atoms with van der Waals surface area (Å²) < 4.78 is 0. The number of carbonyl (C=O) groups is 1. The molecule has 0 aliphatic rings. The number of oxime groups is 1. The molecule has 0 spiro atoms. The Kier molecular flexibility index (Phi) is 5.04. The van der Waals surface area contributed by atoms with Crippen molar-refractivity contribution in [1.29, 1.82) is 0 Å². The number of hydrogen-bond acceptors (Lipinski definition) is 4. The third-order valence-corrected chi connectivity index (χ3v) is 3.10. The molecule has 0 fully saturated rings. The fourth-order valence-electron chi connectivity index (χ4n) is 1.96. The molecule has 0 aliphatic heterocycles. The van der Waals surface area contributed by atoms with Crippen LogP contribution in [-0.2, 0) is 9.63 Å². The molecule has 1 heterocycles. The number of amidine groups is 1. The maximum atomic E-state index is 12.1. The van der Waals surface area contributed by atoms with Gasteiger partial charge < -0.3 is 10.6 Å². The molecule has 0 saturated carbocycles. The van der Waals surface area contributed by atoms with Crippen molar-refractivity contribution in [2.75, 3.05) is 0 Å². The first-order valence-corrected chi connectivity index (χ1v) is 6.72. The largest absolute Gasteiger partial charge is 0.380 e. The number of nitrogens with zero attached hydrogens (tertiary/aromatic N) is 2. The van der Waals surface area contributed by atoms with Gasteiger partial charge in [-0.05, 0) is 24.1 Å². The SMILES string of the molecule is CCC(C(=O)ON=C(N)c1ccncc1)c1ccccc1. The van der Waals surface area contributed by atoms with Crippen molar-refractivity contribution in [3.63, 3.8) is 0 Å². The van der Waals surface area contributed by atoms with Gasteiger partial charge in [-0.3, -0.25) is 4.98 Å². The van der Waals surface area contributed by atoms with Crippen LogP contribution in [0.2, 0.25) is 0 Å². The van der Waals surface area contributed by atoms with E-state index in [1.165, 1.54) is 0 Å². The lowest BCUT2D eigenvalue weighted by molar-refractivity contribution is -0.145. The highest BCUT2D eigenvalue weighted by Gasteiger charge is 2.20. The van der Waals surface area contributed by atoms with Crippen LogP contribution in [0.4, 0.5) is 0 Å². The van der Waals surface area contributed by atoms with E-state index in [0.717, 1.165) is 5.56 Å². The Balaban J connectivity index is 2.07. The maximum Gasteiger partial charge on any atom is 0.342 e. The van der Waals surface area contributed by atoms with Crippen molar-refractivity contribution < 1.29 is 9.63 Å². The van der Waals surface area contributed by atoms with Crippen molar-refractivity contribution in [3.05, 3.63) is 66.0 Å². The predicted molar refractivity (Wildman–Crippen MR) is 80.5 cm³/mol. The summed E-state index contributed by atoms with van der Waals surface area (Å²) in [6.45, 7) is 1.93. The number of hydrogen-bond donors (Lipinski definition) is 1. The summed E-state index contributed by atoms with van der Waals surface area (Å²) in [5.74, 6) is -0.616. The molecule has 0 saturated heterocycles. The van der Waals surface area contributed by atoms with Gasteiger partial charge in [0.25, 0.3) is 0 Å². The Morgan fingerprint density at radius 3 is 2.52 bits per heavy atom. The smallest absolute Gasteiger partial charge is 0.342 e. The fourth-order valence-corrected chi connectivity index (χ4v) is 1.96. The molecule has 2 aromatic rings. The summed E-state index contributed by atoms with van der Waals surface area (Å²) in [6.07, 6.45) is 3.82. The summed E-state index contributed by atoms with van der Waals surface area (Å²) in [5, 5.41) is 3.71. The molecule has 21 heavy (non-hydrogen) atoms.